The van der Waals surface area contributed by atoms with E-state index in [1.165, 1.54) is 0 Å². The van der Waals surface area contributed by atoms with Crippen molar-refractivity contribution >= 4 is 0 Å². The summed E-state index contributed by atoms with van der Waals surface area (Å²) in [5.74, 6) is 0.561. The number of hydrogen-bond acceptors (Lipinski definition) is 3. The third kappa shape index (κ3) is 5.12. The molecule has 1 saturated heterocycles. The zero-order chi connectivity index (χ0) is 13.6. The topological polar surface area (TPSA) is 38.5 Å². The van der Waals surface area contributed by atoms with Crippen molar-refractivity contribution < 1.29 is 17.9 Å². The van der Waals surface area contributed by atoms with E-state index in [1.54, 1.807) is 0 Å². The van der Waals surface area contributed by atoms with Gasteiger partial charge in [0.05, 0.1) is 6.61 Å². The molecule has 0 amide bonds. The highest BCUT2D eigenvalue weighted by molar-refractivity contribution is 4.84. The summed E-state index contributed by atoms with van der Waals surface area (Å²) in [6.45, 7) is 3.11. The second-order valence-electron chi connectivity index (χ2n) is 4.82. The monoisotopic (exact) mass is 268 g/mol. The molecule has 0 aliphatic carbocycles. The lowest BCUT2D eigenvalue weighted by molar-refractivity contribution is -0.175. The molecule has 2 N–H and O–H groups in total. The molecular weight excluding hydrogens is 245 g/mol. The number of nitrogens with zero attached hydrogens (tertiary/aromatic N) is 1. The van der Waals surface area contributed by atoms with Gasteiger partial charge >= 0.3 is 6.18 Å². The molecule has 1 fully saturated rings. The highest BCUT2D eigenvalue weighted by Gasteiger charge is 2.30. The van der Waals surface area contributed by atoms with Crippen LogP contribution in [0.5, 0.6) is 0 Å². The van der Waals surface area contributed by atoms with Crippen LogP contribution in [-0.2, 0) is 4.74 Å². The van der Waals surface area contributed by atoms with Gasteiger partial charge in [0, 0.05) is 19.1 Å². The Kier molecular flexibility index (Phi) is 6.38. The normalized spacial score (nSPS) is 26.5. The van der Waals surface area contributed by atoms with Gasteiger partial charge in [-0.1, -0.05) is 13.3 Å². The van der Waals surface area contributed by atoms with Gasteiger partial charge in [-0.25, -0.2) is 0 Å². The Morgan fingerprint density at radius 1 is 1.39 bits per heavy atom. The Morgan fingerprint density at radius 2 is 2.11 bits per heavy atom. The Balaban J connectivity index is 2.31. The molecule has 0 aromatic heterocycles. The van der Waals surface area contributed by atoms with Gasteiger partial charge in [0.15, 0.2) is 0 Å². The average Bonchev–Trinajstić information content (AvgIpc) is 2.32. The fourth-order valence-corrected chi connectivity index (χ4v) is 2.68. The molecule has 1 aliphatic heterocycles. The van der Waals surface area contributed by atoms with E-state index in [0.717, 1.165) is 25.8 Å². The summed E-state index contributed by atoms with van der Waals surface area (Å²) < 4.78 is 40.4. The van der Waals surface area contributed by atoms with Crippen molar-refractivity contribution in [2.75, 3.05) is 32.8 Å². The third-order valence-electron chi connectivity index (χ3n) is 3.59. The summed E-state index contributed by atoms with van der Waals surface area (Å²) in [6.07, 6.45) is -0.907. The molecule has 1 rings (SSSR count). The van der Waals surface area contributed by atoms with Gasteiger partial charge in [0.25, 0.3) is 0 Å². The molecule has 0 bridgehead atoms. The quantitative estimate of drug-likeness (QED) is 0.749. The number of rotatable bonds is 6. The van der Waals surface area contributed by atoms with E-state index in [0.29, 0.717) is 25.0 Å². The largest absolute Gasteiger partial charge is 0.411 e. The average molecular weight is 268 g/mol. The van der Waals surface area contributed by atoms with Gasteiger partial charge in [-0.05, 0) is 25.3 Å². The number of piperidine rings is 1. The van der Waals surface area contributed by atoms with Crippen LogP contribution < -0.4 is 5.73 Å². The molecular formula is C12H23F3N2O. The van der Waals surface area contributed by atoms with Gasteiger partial charge in [0.1, 0.15) is 6.61 Å². The van der Waals surface area contributed by atoms with Crippen LogP contribution in [-0.4, -0.2) is 50.0 Å². The van der Waals surface area contributed by atoms with Gasteiger partial charge in [-0.3, -0.25) is 4.90 Å². The summed E-state index contributed by atoms with van der Waals surface area (Å²) in [5, 5.41) is 0. The van der Waals surface area contributed by atoms with Crippen LogP contribution in [0.4, 0.5) is 13.2 Å². The number of ether oxygens (including phenoxy) is 1. The van der Waals surface area contributed by atoms with E-state index >= 15 is 0 Å². The van der Waals surface area contributed by atoms with Gasteiger partial charge in [-0.2, -0.15) is 13.2 Å². The van der Waals surface area contributed by atoms with Crippen molar-refractivity contribution in [3.05, 3.63) is 0 Å². The fourth-order valence-electron chi connectivity index (χ4n) is 2.68. The van der Waals surface area contributed by atoms with Crippen LogP contribution in [0.15, 0.2) is 0 Å². The minimum absolute atomic E-state index is 0.118. The summed E-state index contributed by atoms with van der Waals surface area (Å²) >= 11 is 0. The predicted molar refractivity (Wildman–Crippen MR) is 64.3 cm³/mol. The van der Waals surface area contributed by atoms with Crippen molar-refractivity contribution in [3.63, 3.8) is 0 Å². The van der Waals surface area contributed by atoms with Crippen LogP contribution in [0.2, 0.25) is 0 Å². The lowest BCUT2D eigenvalue weighted by atomic mass is 9.87. The maximum absolute atomic E-state index is 11.9. The van der Waals surface area contributed by atoms with Crippen molar-refractivity contribution in [1.29, 1.82) is 0 Å². The molecule has 0 spiro atoms. The molecule has 0 saturated carbocycles. The van der Waals surface area contributed by atoms with E-state index in [1.807, 2.05) is 0 Å². The SMILES string of the molecule is CCC1CCCN(CCOCC(F)(F)F)C1CN. The molecule has 0 radical (unpaired) electrons. The first kappa shape index (κ1) is 15.7. The molecule has 108 valence electrons. The van der Waals surface area contributed by atoms with Crippen molar-refractivity contribution in [2.24, 2.45) is 11.7 Å². The van der Waals surface area contributed by atoms with Gasteiger partial charge in [0.2, 0.25) is 0 Å². The Morgan fingerprint density at radius 3 is 2.67 bits per heavy atom. The Bertz CT molecular complexity index is 236. The van der Waals surface area contributed by atoms with Crippen molar-refractivity contribution in [3.8, 4) is 0 Å². The van der Waals surface area contributed by atoms with Gasteiger partial charge in [-0.15, -0.1) is 0 Å². The van der Waals surface area contributed by atoms with Crippen LogP contribution in [0, 0.1) is 5.92 Å². The van der Waals surface area contributed by atoms with Crippen molar-refractivity contribution in [2.45, 2.75) is 38.4 Å². The van der Waals surface area contributed by atoms with E-state index < -0.39 is 12.8 Å². The Hall–Kier alpha value is -0.330. The fraction of sp³-hybridized carbons (Fsp3) is 1.00. The van der Waals surface area contributed by atoms with Crippen LogP contribution in [0.1, 0.15) is 26.2 Å². The number of halogens is 3. The molecule has 2 atom stereocenters. The summed E-state index contributed by atoms with van der Waals surface area (Å²) in [4.78, 5) is 2.17. The molecule has 0 aromatic rings. The van der Waals surface area contributed by atoms with Crippen molar-refractivity contribution in [1.82, 2.24) is 4.90 Å². The highest BCUT2D eigenvalue weighted by Crippen LogP contribution is 2.25. The van der Waals surface area contributed by atoms with E-state index in [-0.39, 0.29) is 6.61 Å². The van der Waals surface area contributed by atoms with Gasteiger partial charge < -0.3 is 10.5 Å². The zero-order valence-electron chi connectivity index (χ0n) is 10.9. The molecule has 6 heteroatoms. The standard InChI is InChI=1S/C12H23F3N2O/c1-2-10-4-3-5-17(11(10)8-16)6-7-18-9-12(13,14)15/h10-11H,2-9,16H2,1H3. The Labute approximate surface area is 106 Å². The lowest BCUT2D eigenvalue weighted by Crippen LogP contribution is -2.50. The minimum atomic E-state index is -4.23. The maximum Gasteiger partial charge on any atom is 0.411 e. The summed E-state index contributed by atoms with van der Waals surface area (Å²) in [6, 6.07) is 0.290. The predicted octanol–water partition coefficient (Wildman–Crippen LogP) is 2.01. The number of hydrogen-bond donors (Lipinski definition) is 1. The minimum Gasteiger partial charge on any atom is -0.371 e. The first-order valence-corrected chi connectivity index (χ1v) is 6.56. The maximum atomic E-state index is 11.9. The van der Waals surface area contributed by atoms with E-state index in [2.05, 4.69) is 16.6 Å². The lowest BCUT2D eigenvalue weighted by Gasteiger charge is -2.40. The highest BCUT2D eigenvalue weighted by atomic mass is 19.4. The molecule has 2 unspecified atom stereocenters. The number of nitrogens with two attached hydrogens (primary N) is 1. The first-order valence-electron chi connectivity index (χ1n) is 6.56. The smallest absolute Gasteiger partial charge is 0.371 e. The second kappa shape index (κ2) is 7.31. The molecule has 18 heavy (non-hydrogen) atoms. The molecule has 3 nitrogen and oxygen atoms in total. The van der Waals surface area contributed by atoms with Crippen LogP contribution >= 0.6 is 0 Å². The number of alkyl halides is 3. The summed E-state index contributed by atoms with van der Waals surface area (Å²) in [7, 11) is 0. The molecule has 1 heterocycles. The zero-order valence-corrected chi connectivity index (χ0v) is 10.9. The number of likely N-dealkylation sites (tertiary alicyclic amines) is 1. The third-order valence-corrected chi connectivity index (χ3v) is 3.59. The van der Waals surface area contributed by atoms with Crippen LogP contribution in [0.25, 0.3) is 0 Å². The molecule has 1 aliphatic rings. The molecule has 0 aromatic carbocycles. The van der Waals surface area contributed by atoms with Crippen LogP contribution in [0.3, 0.4) is 0 Å². The summed E-state index contributed by atoms with van der Waals surface area (Å²) in [5.41, 5.74) is 5.77. The second-order valence-corrected chi connectivity index (χ2v) is 4.82. The first-order chi connectivity index (χ1) is 8.48. The van der Waals surface area contributed by atoms with E-state index in [9.17, 15) is 13.2 Å². The van der Waals surface area contributed by atoms with E-state index in [4.69, 9.17) is 5.73 Å².